The molecule has 1 heterocycles. The molecule has 0 aliphatic heterocycles. The van der Waals surface area contributed by atoms with Gasteiger partial charge in [-0.15, -0.1) is 11.3 Å². The first-order chi connectivity index (χ1) is 9.10. The lowest BCUT2D eigenvalue weighted by Crippen LogP contribution is -2.13. The summed E-state index contributed by atoms with van der Waals surface area (Å²) in [5.74, 6) is 0. The van der Waals surface area contributed by atoms with Crippen molar-refractivity contribution < 1.29 is 0 Å². The molecule has 3 heteroatoms. The van der Waals surface area contributed by atoms with E-state index in [1.165, 1.54) is 36.0 Å². The number of hydrogen-bond acceptors (Lipinski definition) is 3. The monoisotopic (exact) mass is 268 g/mol. The Morgan fingerprint density at radius 2 is 2.05 bits per heavy atom. The number of fused-ring (bicyclic) bond motifs is 1. The van der Waals surface area contributed by atoms with Gasteiger partial charge in [-0.05, 0) is 50.3 Å². The number of thiazole rings is 1. The molecule has 96 valence electrons. The number of aryl methyl sites for hydroxylation is 2. The van der Waals surface area contributed by atoms with E-state index in [-0.39, 0.29) is 0 Å². The maximum atomic E-state index is 9.17. The van der Waals surface area contributed by atoms with Crippen molar-refractivity contribution in [1.82, 2.24) is 4.98 Å². The van der Waals surface area contributed by atoms with Crippen molar-refractivity contribution in [2.45, 2.75) is 38.5 Å². The van der Waals surface area contributed by atoms with Crippen molar-refractivity contribution in [3.63, 3.8) is 0 Å². The molecule has 1 aromatic heterocycles. The second kappa shape index (κ2) is 4.47. The van der Waals surface area contributed by atoms with E-state index in [1.807, 2.05) is 13.8 Å². The van der Waals surface area contributed by atoms with E-state index < -0.39 is 5.41 Å². The largest absolute Gasteiger partial charge is 0.240 e. The number of nitriles is 1. The van der Waals surface area contributed by atoms with Crippen LogP contribution in [0.4, 0.5) is 0 Å². The Morgan fingerprint density at radius 1 is 1.26 bits per heavy atom. The van der Waals surface area contributed by atoms with Crippen LogP contribution in [0.15, 0.2) is 23.6 Å². The summed E-state index contributed by atoms with van der Waals surface area (Å²) in [6, 6.07) is 8.96. The zero-order valence-electron chi connectivity index (χ0n) is 11.2. The van der Waals surface area contributed by atoms with Crippen molar-refractivity contribution in [3.8, 4) is 17.3 Å². The number of rotatable bonds is 2. The van der Waals surface area contributed by atoms with Gasteiger partial charge in [0.05, 0.1) is 11.8 Å². The van der Waals surface area contributed by atoms with Crippen LogP contribution in [0.2, 0.25) is 0 Å². The Labute approximate surface area is 117 Å². The van der Waals surface area contributed by atoms with Gasteiger partial charge in [-0.25, -0.2) is 4.98 Å². The third-order valence-corrected chi connectivity index (χ3v) is 4.88. The van der Waals surface area contributed by atoms with Crippen molar-refractivity contribution in [3.05, 3.63) is 39.7 Å². The highest BCUT2D eigenvalue weighted by Crippen LogP contribution is 2.32. The highest BCUT2D eigenvalue weighted by atomic mass is 32.1. The quantitative estimate of drug-likeness (QED) is 0.822. The molecule has 0 saturated carbocycles. The molecule has 1 aromatic carbocycles. The van der Waals surface area contributed by atoms with Gasteiger partial charge in [0, 0.05) is 10.9 Å². The van der Waals surface area contributed by atoms with Crippen LogP contribution in [0.25, 0.3) is 11.3 Å². The zero-order valence-corrected chi connectivity index (χ0v) is 12.0. The standard InChI is InChI=1S/C16H16N2S/c1-16(2,10-17)15-18-14(9-19-15)13-7-6-11-4-3-5-12(11)8-13/h6-9H,3-5H2,1-2H3. The summed E-state index contributed by atoms with van der Waals surface area (Å²) >= 11 is 1.58. The molecule has 1 aliphatic carbocycles. The summed E-state index contributed by atoms with van der Waals surface area (Å²) in [5.41, 5.74) is 4.62. The minimum Gasteiger partial charge on any atom is -0.240 e. The molecular formula is C16H16N2S. The first-order valence-electron chi connectivity index (χ1n) is 6.59. The van der Waals surface area contributed by atoms with Gasteiger partial charge in [-0.1, -0.05) is 12.1 Å². The molecule has 0 N–H and O–H groups in total. The Morgan fingerprint density at radius 3 is 2.84 bits per heavy atom. The molecule has 0 fully saturated rings. The van der Waals surface area contributed by atoms with Gasteiger partial charge in [0.15, 0.2) is 0 Å². The van der Waals surface area contributed by atoms with Crippen LogP contribution in [-0.2, 0) is 18.3 Å². The number of hydrogen-bond donors (Lipinski definition) is 0. The van der Waals surface area contributed by atoms with E-state index >= 15 is 0 Å². The van der Waals surface area contributed by atoms with Crippen molar-refractivity contribution in [1.29, 1.82) is 5.26 Å². The summed E-state index contributed by atoms with van der Waals surface area (Å²) in [6.45, 7) is 3.83. The van der Waals surface area contributed by atoms with Crippen LogP contribution in [0.1, 0.15) is 36.4 Å². The lowest BCUT2D eigenvalue weighted by Gasteiger charge is -2.10. The fourth-order valence-electron chi connectivity index (χ4n) is 2.47. The molecule has 0 bridgehead atoms. The van der Waals surface area contributed by atoms with Gasteiger partial charge in [0.2, 0.25) is 0 Å². The molecule has 0 atom stereocenters. The smallest absolute Gasteiger partial charge is 0.113 e. The fraction of sp³-hybridized carbons (Fsp3) is 0.375. The lowest BCUT2D eigenvalue weighted by atomic mass is 9.97. The molecule has 3 rings (SSSR count). The van der Waals surface area contributed by atoms with Crippen molar-refractivity contribution >= 4 is 11.3 Å². The Bertz CT molecular complexity index is 662. The van der Waals surface area contributed by atoms with E-state index in [0.29, 0.717) is 0 Å². The number of benzene rings is 1. The third-order valence-electron chi connectivity index (χ3n) is 3.71. The first kappa shape index (κ1) is 12.4. The van der Waals surface area contributed by atoms with Gasteiger partial charge in [0.1, 0.15) is 10.4 Å². The second-order valence-electron chi connectivity index (χ2n) is 5.61. The second-order valence-corrected chi connectivity index (χ2v) is 6.47. The molecule has 2 aromatic rings. The summed E-state index contributed by atoms with van der Waals surface area (Å²) in [7, 11) is 0. The Hall–Kier alpha value is -1.66. The number of aromatic nitrogens is 1. The molecule has 19 heavy (non-hydrogen) atoms. The average Bonchev–Trinajstić information content (AvgIpc) is 3.06. The van der Waals surface area contributed by atoms with E-state index in [9.17, 15) is 5.26 Å². The van der Waals surface area contributed by atoms with Gasteiger partial charge < -0.3 is 0 Å². The van der Waals surface area contributed by atoms with Gasteiger partial charge in [0.25, 0.3) is 0 Å². The van der Waals surface area contributed by atoms with Gasteiger partial charge in [-0.3, -0.25) is 0 Å². The predicted molar refractivity (Wildman–Crippen MR) is 78.2 cm³/mol. The van der Waals surface area contributed by atoms with Crippen LogP contribution in [0, 0.1) is 11.3 Å². The minimum atomic E-state index is -0.500. The zero-order chi connectivity index (χ0) is 13.5. The highest BCUT2D eigenvalue weighted by molar-refractivity contribution is 7.10. The van der Waals surface area contributed by atoms with Gasteiger partial charge in [-0.2, -0.15) is 5.26 Å². The summed E-state index contributed by atoms with van der Waals surface area (Å²) in [6.07, 6.45) is 3.66. The average molecular weight is 268 g/mol. The number of nitrogens with zero attached hydrogens (tertiary/aromatic N) is 2. The summed E-state index contributed by atoms with van der Waals surface area (Å²) < 4.78 is 0. The molecule has 0 radical (unpaired) electrons. The molecule has 0 saturated heterocycles. The van der Waals surface area contributed by atoms with Crippen LogP contribution in [-0.4, -0.2) is 4.98 Å². The van der Waals surface area contributed by atoms with Crippen LogP contribution in [0.3, 0.4) is 0 Å². The molecule has 2 nitrogen and oxygen atoms in total. The molecule has 0 unspecified atom stereocenters. The first-order valence-corrected chi connectivity index (χ1v) is 7.47. The Balaban J connectivity index is 1.98. The molecular weight excluding hydrogens is 252 g/mol. The summed E-state index contributed by atoms with van der Waals surface area (Å²) in [4.78, 5) is 4.64. The van der Waals surface area contributed by atoms with Crippen LogP contribution >= 0.6 is 11.3 Å². The fourth-order valence-corrected chi connectivity index (χ4v) is 3.38. The van der Waals surface area contributed by atoms with Crippen molar-refractivity contribution in [2.75, 3.05) is 0 Å². The molecule has 1 aliphatic rings. The molecule has 0 amide bonds. The van der Waals surface area contributed by atoms with Gasteiger partial charge >= 0.3 is 0 Å². The maximum absolute atomic E-state index is 9.17. The highest BCUT2D eigenvalue weighted by Gasteiger charge is 2.24. The van der Waals surface area contributed by atoms with E-state index in [0.717, 1.165) is 10.7 Å². The predicted octanol–water partition coefficient (Wildman–Crippen LogP) is 4.10. The lowest BCUT2D eigenvalue weighted by molar-refractivity contribution is 0.680. The SMILES string of the molecule is CC(C)(C#N)c1nc(-c2ccc3c(c2)CCC3)cs1. The minimum absolute atomic E-state index is 0.500. The molecule has 0 spiro atoms. The normalized spacial score (nSPS) is 14.2. The van der Waals surface area contributed by atoms with E-state index in [2.05, 4.69) is 34.6 Å². The van der Waals surface area contributed by atoms with Crippen molar-refractivity contribution in [2.24, 2.45) is 0 Å². The third kappa shape index (κ3) is 2.17. The van der Waals surface area contributed by atoms with Crippen LogP contribution in [0.5, 0.6) is 0 Å². The maximum Gasteiger partial charge on any atom is 0.113 e. The summed E-state index contributed by atoms with van der Waals surface area (Å²) in [5, 5.41) is 12.1. The Kier molecular flexibility index (Phi) is 2.91. The van der Waals surface area contributed by atoms with Crippen LogP contribution < -0.4 is 0 Å². The van der Waals surface area contributed by atoms with E-state index in [1.54, 1.807) is 11.3 Å². The van der Waals surface area contributed by atoms with E-state index in [4.69, 9.17) is 0 Å². The topological polar surface area (TPSA) is 36.7 Å².